The standard InChI is InChI=1S/C23H34N2O5/c1-3-24(16-19-9-8-14-29-19)23(27)18-10-11-20(21(15-18)28-4-2)30-17-22(26)25-12-6-5-7-13-25/h10-11,15,19H,3-9,12-14,16-17H2,1-2H3. The Morgan fingerprint density at radius 3 is 2.57 bits per heavy atom. The number of piperidine rings is 1. The lowest BCUT2D eigenvalue weighted by Crippen LogP contribution is -2.38. The second-order valence-corrected chi connectivity index (χ2v) is 7.80. The number of benzene rings is 1. The molecule has 2 aliphatic heterocycles. The Bertz CT molecular complexity index is 712. The second-order valence-electron chi connectivity index (χ2n) is 7.80. The molecule has 0 spiro atoms. The molecule has 7 nitrogen and oxygen atoms in total. The fourth-order valence-corrected chi connectivity index (χ4v) is 3.98. The summed E-state index contributed by atoms with van der Waals surface area (Å²) < 4.78 is 17.2. The highest BCUT2D eigenvalue weighted by atomic mass is 16.5. The van der Waals surface area contributed by atoms with Crippen LogP contribution in [0, 0.1) is 0 Å². The van der Waals surface area contributed by atoms with Crippen molar-refractivity contribution in [2.24, 2.45) is 0 Å². The van der Waals surface area contributed by atoms with Gasteiger partial charge in [0.15, 0.2) is 18.1 Å². The lowest BCUT2D eigenvalue weighted by molar-refractivity contribution is -0.134. The van der Waals surface area contributed by atoms with Crippen molar-refractivity contribution < 1.29 is 23.8 Å². The van der Waals surface area contributed by atoms with Crippen LogP contribution in [0.3, 0.4) is 0 Å². The van der Waals surface area contributed by atoms with E-state index in [1.807, 2.05) is 23.6 Å². The molecule has 2 saturated heterocycles. The highest BCUT2D eigenvalue weighted by Crippen LogP contribution is 2.29. The molecule has 0 aromatic heterocycles. The Labute approximate surface area is 179 Å². The van der Waals surface area contributed by atoms with Gasteiger partial charge in [-0.1, -0.05) is 0 Å². The molecular formula is C23H34N2O5. The molecule has 2 amide bonds. The van der Waals surface area contributed by atoms with Crippen LogP contribution in [-0.4, -0.2) is 73.7 Å². The van der Waals surface area contributed by atoms with Crippen LogP contribution in [0.2, 0.25) is 0 Å². The van der Waals surface area contributed by atoms with E-state index in [9.17, 15) is 9.59 Å². The molecule has 2 heterocycles. The number of hydrogen-bond acceptors (Lipinski definition) is 5. The predicted molar refractivity (Wildman–Crippen MR) is 114 cm³/mol. The van der Waals surface area contributed by atoms with Crippen LogP contribution in [0.15, 0.2) is 18.2 Å². The minimum Gasteiger partial charge on any atom is -0.490 e. The monoisotopic (exact) mass is 418 g/mol. The van der Waals surface area contributed by atoms with Gasteiger partial charge in [-0.25, -0.2) is 0 Å². The number of carbonyl (C=O) groups excluding carboxylic acids is 2. The summed E-state index contributed by atoms with van der Waals surface area (Å²) in [4.78, 5) is 29.1. The maximum atomic E-state index is 13.0. The number of carbonyl (C=O) groups is 2. The van der Waals surface area contributed by atoms with E-state index >= 15 is 0 Å². The number of rotatable bonds is 9. The molecular weight excluding hydrogens is 384 g/mol. The molecule has 2 fully saturated rings. The summed E-state index contributed by atoms with van der Waals surface area (Å²) in [5.41, 5.74) is 0.549. The Morgan fingerprint density at radius 1 is 1.10 bits per heavy atom. The van der Waals surface area contributed by atoms with Crippen molar-refractivity contribution in [1.82, 2.24) is 9.80 Å². The van der Waals surface area contributed by atoms with Gasteiger partial charge in [-0.2, -0.15) is 0 Å². The molecule has 7 heteroatoms. The molecule has 0 radical (unpaired) electrons. The third-order valence-corrected chi connectivity index (χ3v) is 5.67. The number of nitrogens with zero attached hydrogens (tertiary/aromatic N) is 2. The Morgan fingerprint density at radius 2 is 1.90 bits per heavy atom. The average Bonchev–Trinajstić information content (AvgIpc) is 3.30. The van der Waals surface area contributed by atoms with Gasteiger partial charge in [-0.05, 0) is 64.2 Å². The molecule has 0 aliphatic carbocycles. The van der Waals surface area contributed by atoms with E-state index in [1.165, 1.54) is 6.42 Å². The SMILES string of the molecule is CCOc1cc(C(=O)N(CC)CC2CCCO2)ccc1OCC(=O)N1CCCCC1. The second kappa shape index (κ2) is 11.2. The van der Waals surface area contributed by atoms with Crippen molar-refractivity contribution in [1.29, 1.82) is 0 Å². The lowest BCUT2D eigenvalue weighted by atomic mass is 10.1. The van der Waals surface area contributed by atoms with Gasteiger partial charge in [0.25, 0.3) is 11.8 Å². The maximum absolute atomic E-state index is 13.0. The van der Waals surface area contributed by atoms with Crippen LogP contribution in [0.4, 0.5) is 0 Å². The molecule has 1 aromatic carbocycles. The van der Waals surface area contributed by atoms with Crippen LogP contribution in [0.5, 0.6) is 11.5 Å². The number of likely N-dealkylation sites (tertiary alicyclic amines) is 1. The zero-order valence-corrected chi connectivity index (χ0v) is 18.2. The van der Waals surface area contributed by atoms with Crippen molar-refractivity contribution in [2.75, 3.05) is 46.0 Å². The predicted octanol–water partition coefficient (Wildman–Crippen LogP) is 3.12. The summed E-state index contributed by atoms with van der Waals surface area (Å²) in [6.07, 6.45) is 5.43. The van der Waals surface area contributed by atoms with Crippen LogP contribution >= 0.6 is 0 Å². The molecule has 1 atom stereocenters. The molecule has 1 unspecified atom stereocenters. The smallest absolute Gasteiger partial charge is 0.260 e. The van der Waals surface area contributed by atoms with Gasteiger partial charge in [-0.15, -0.1) is 0 Å². The minimum atomic E-state index is -0.0510. The van der Waals surface area contributed by atoms with E-state index in [4.69, 9.17) is 14.2 Å². The third kappa shape index (κ3) is 5.88. The number of amides is 2. The highest BCUT2D eigenvalue weighted by molar-refractivity contribution is 5.95. The summed E-state index contributed by atoms with van der Waals surface area (Å²) >= 11 is 0. The molecule has 3 rings (SSSR count). The van der Waals surface area contributed by atoms with Gasteiger partial charge in [0.2, 0.25) is 0 Å². The first kappa shape index (κ1) is 22.4. The van der Waals surface area contributed by atoms with Gasteiger partial charge in [-0.3, -0.25) is 9.59 Å². The normalized spacial score (nSPS) is 18.9. The first-order valence-corrected chi connectivity index (χ1v) is 11.2. The number of likely N-dealkylation sites (N-methyl/N-ethyl adjacent to an activating group) is 1. The van der Waals surface area contributed by atoms with E-state index < -0.39 is 0 Å². The van der Waals surface area contributed by atoms with E-state index in [0.29, 0.717) is 36.8 Å². The maximum Gasteiger partial charge on any atom is 0.260 e. The summed E-state index contributed by atoms with van der Waals surface area (Å²) in [6, 6.07) is 5.18. The minimum absolute atomic E-state index is 0.00831. The largest absolute Gasteiger partial charge is 0.490 e. The average molecular weight is 419 g/mol. The lowest BCUT2D eigenvalue weighted by Gasteiger charge is -2.27. The molecule has 0 saturated carbocycles. The number of hydrogen-bond donors (Lipinski definition) is 0. The first-order valence-electron chi connectivity index (χ1n) is 11.2. The first-order chi connectivity index (χ1) is 14.6. The Kier molecular flexibility index (Phi) is 8.37. The van der Waals surface area contributed by atoms with Gasteiger partial charge in [0, 0.05) is 38.3 Å². The summed E-state index contributed by atoms with van der Waals surface area (Å²) in [5.74, 6) is 0.916. The van der Waals surface area contributed by atoms with Crippen LogP contribution < -0.4 is 9.47 Å². The molecule has 2 aliphatic rings. The van der Waals surface area contributed by atoms with Gasteiger partial charge < -0.3 is 24.0 Å². The van der Waals surface area contributed by atoms with Crippen LogP contribution in [-0.2, 0) is 9.53 Å². The van der Waals surface area contributed by atoms with Crippen molar-refractivity contribution in [3.8, 4) is 11.5 Å². The Hall–Kier alpha value is -2.28. The fourth-order valence-electron chi connectivity index (χ4n) is 3.98. The van der Waals surface area contributed by atoms with Gasteiger partial charge >= 0.3 is 0 Å². The summed E-state index contributed by atoms with van der Waals surface area (Å²) in [5, 5.41) is 0. The van der Waals surface area contributed by atoms with Crippen LogP contribution in [0.1, 0.15) is 56.3 Å². The molecule has 30 heavy (non-hydrogen) atoms. The van der Waals surface area contributed by atoms with Crippen molar-refractivity contribution in [3.63, 3.8) is 0 Å². The molecule has 166 valence electrons. The molecule has 1 aromatic rings. The van der Waals surface area contributed by atoms with Crippen molar-refractivity contribution in [2.45, 2.75) is 52.1 Å². The van der Waals surface area contributed by atoms with E-state index in [-0.39, 0.29) is 24.5 Å². The fraction of sp³-hybridized carbons (Fsp3) is 0.652. The highest BCUT2D eigenvalue weighted by Gasteiger charge is 2.24. The zero-order chi connectivity index (χ0) is 21.3. The topological polar surface area (TPSA) is 68.3 Å². The third-order valence-electron chi connectivity index (χ3n) is 5.67. The van der Waals surface area contributed by atoms with Gasteiger partial charge in [0.05, 0.1) is 12.7 Å². The van der Waals surface area contributed by atoms with Crippen molar-refractivity contribution >= 4 is 11.8 Å². The zero-order valence-electron chi connectivity index (χ0n) is 18.2. The quantitative estimate of drug-likeness (QED) is 0.616. The van der Waals surface area contributed by atoms with E-state index in [2.05, 4.69) is 0 Å². The summed E-state index contributed by atoms with van der Waals surface area (Å²) in [7, 11) is 0. The van der Waals surface area contributed by atoms with E-state index in [0.717, 1.165) is 45.4 Å². The van der Waals surface area contributed by atoms with E-state index in [1.54, 1.807) is 18.2 Å². The molecule has 0 N–H and O–H groups in total. The number of ether oxygens (including phenoxy) is 3. The molecule has 0 bridgehead atoms. The Balaban J connectivity index is 1.65. The van der Waals surface area contributed by atoms with Crippen molar-refractivity contribution in [3.05, 3.63) is 23.8 Å². The van der Waals surface area contributed by atoms with Crippen LogP contribution in [0.25, 0.3) is 0 Å². The van der Waals surface area contributed by atoms with Gasteiger partial charge in [0.1, 0.15) is 0 Å². The summed E-state index contributed by atoms with van der Waals surface area (Å²) in [6.45, 7) is 7.86.